The molecule has 0 radical (unpaired) electrons. The van der Waals surface area contributed by atoms with Crippen molar-refractivity contribution in [3.63, 3.8) is 0 Å². The minimum absolute atomic E-state index is 0.192. The van der Waals surface area contributed by atoms with Gasteiger partial charge in [0.25, 0.3) is 0 Å². The highest BCUT2D eigenvalue weighted by Crippen LogP contribution is 2.24. The Labute approximate surface area is 109 Å². The molecule has 1 aromatic carbocycles. The second-order valence-corrected chi connectivity index (χ2v) is 5.84. The Morgan fingerprint density at radius 3 is 2.47 bits per heavy atom. The summed E-state index contributed by atoms with van der Waals surface area (Å²) in [5, 5.41) is 0. The lowest BCUT2D eigenvalue weighted by Gasteiger charge is -2.19. The molecule has 0 heterocycles. The van der Waals surface area contributed by atoms with Crippen molar-refractivity contribution >= 4 is 31.8 Å². The molecule has 1 aromatic rings. The molecule has 1 N–H and O–H groups in total. The molecule has 0 bridgehead atoms. The molecule has 1 rings (SSSR count). The number of hydrogen-bond donors (Lipinski definition) is 1. The first-order valence-corrected chi connectivity index (χ1v) is 7.37. The number of nitrogens with zero attached hydrogens (tertiary/aromatic N) is 1. The zero-order chi connectivity index (χ0) is 13.1. The minimum atomic E-state index is -3.63. The van der Waals surface area contributed by atoms with E-state index in [0.717, 1.165) is 6.07 Å². The Hall–Kier alpha value is -0.660. The quantitative estimate of drug-likeness (QED) is 0.905. The van der Waals surface area contributed by atoms with Crippen LogP contribution < -0.4 is 4.72 Å². The molecule has 0 saturated heterocycles. The van der Waals surface area contributed by atoms with Crippen LogP contribution in [0.1, 0.15) is 13.8 Å². The zero-order valence-corrected chi connectivity index (χ0v) is 12.0. The van der Waals surface area contributed by atoms with Crippen LogP contribution >= 0.6 is 15.9 Å². The fourth-order valence-electron chi connectivity index (χ4n) is 1.34. The maximum atomic E-state index is 13.0. The van der Waals surface area contributed by atoms with E-state index in [1.54, 1.807) is 13.8 Å². The van der Waals surface area contributed by atoms with Gasteiger partial charge in [-0.1, -0.05) is 13.8 Å². The summed E-state index contributed by atoms with van der Waals surface area (Å²) in [6.07, 6.45) is 0. The molecule has 0 aliphatic rings. The second-order valence-electron chi connectivity index (χ2n) is 3.32. The topological polar surface area (TPSA) is 49.4 Å². The lowest BCUT2D eigenvalue weighted by atomic mass is 10.3. The number of rotatable bonds is 5. The summed E-state index contributed by atoms with van der Waals surface area (Å²) >= 11 is 3.16. The van der Waals surface area contributed by atoms with Crippen molar-refractivity contribution < 1.29 is 12.8 Å². The van der Waals surface area contributed by atoms with Crippen LogP contribution in [0.2, 0.25) is 0 Å². The van der Waals surface area contributed by atoms with E-state index < -0.39 is 16.0 Å². The molecule has 0 unspecified atom stereocenters. The summed E-state index contributed by atoms with van der Waals surface area (Å²) in [6, 6.07) is 3.83. The van der Waals surface area contributed by atoms with Crippen molar-refractivity contribution in [2.45, 2.75) is 13.8 Å². The van der Waals surface area contributed by atoms with Gasteiger partial charge in [-0.15, -0.1) is 0 Å². The van der Waals surface area contributed by atoms with Crippen molar-refractivity contribution in [2.24, 2.45) is 0 Å². The number of nitrogens with one attached hydrogen (secondary N) is 1. The lowest BCUT2D eigenvalue weighted by Crippen LogP contribution is -2.35. The largest absolute Gasteiger partial charge is 0.301 e. The molecule has 0 aliphatic heterocycles. The van der Waals surface area contributed by atoms with Gasteiger partial charge >= 0.3 is 10.2 Å². The highest BCUT2D eigenvalue weighted by Gasteiger charge is 2.19. The molecule has 0 saturated carbocycles. The zero-order valence-electron chi connectivity index (χ0n) is 9.57. The molecule has 4 nitrogen and oxygen atoms in total. The number of hydrogen-bond acceptors (Lipinski definition) is 2. The molecule has 0 spiro atoms. The SMILES string of the molecule is CCN(CC)S(=O)(=O)Nc1cc(F)ccc1Br. The average molecular weight is 325 g/mol. The smallest absolute Gasteiger partial charge is 0.270 e. The minimum Gasteiger partial charge on any atom is -0.270 e. The third-order valence-electron chi connectivity index (χ3n) is 2.21. The molecule has 96 valence electrons. The third kappa shape index (κ3) is 3.65. The first-order chi connectivity index (χ1) is 7.90. The molecule has 0 amide bonds. The fraction of sp³-hybridized carbons (Fsp3) is 0.400. The van der Waals surface area contributed by atoms with Gasteiger partial charge in [0, 0.05) is 17.6 Å². The van der Waals surface area contributed by atoms with Crippen LogP contribution in [0.15, 0.2) is 22.7 Å². The van der Waals surface area contributed by atoms with E-state index in [-0.39, 0.29) is 5.69 Å². The van der Waals surface area contributed by atoms with Gasteiger partial charge in [-0.2, -0.15) is 12.7 Å². The van der Waals surface area contributed by atoms with Crippen molar-refractivity contribution in [3.05, 3.63) is 28.5 Å². The van der Waals surface area contributed by atoms with Gasteiger partial charge in [0.2, 0.25) is 0 Å². The molecule has 0 aromatic heterocycles. The van der Waals surface area contributed by atoms with E-state index in [9.17, 15) is 12.8 Å². The van der Waals surface area contributed by atoms with Crippen LogP contribution in [0, 0.1) is 5.82 Å². The first-order valence-electron chi connectivity index (χ1n) is 5.13. The van der Waals surface area contributed by atoms with Crippen LogP contribution in [0.5, 0.6) is 0 Å². The summed E-state index contributed by atoms with van der Waals surface area (Å²) in [5.41, 5.74) is 0.192. The maximum absolute atomic E-state index is 13.0. The van der Waals surface area contributed by atoms with Crippen LogP contribution in [0.25, 0.3) is 0 Å². The van der Waals surface area contributed by atoms with Crippen LogP contribution in [-0.4, -0.2) is 25.8 Å². The van der Waals surface area contributed by atoms with Crippen LogP contribution in [0.4, 0.5) is 10.1 Å². The Kier molecular flexibility index (Phi) is 4.91. The highest BCUT2D eigenvalue weighted by atomic mass is 79.9. The predicted octanol–water partition coefficient (Wildman–Crippen LogP) is 2.59. The second kappa shape index (κ2) is 5.79. The van der Waals surface area contributed by atoms with Crippen LogP contribution in [0.3, 0.4) is 0 Å². The summed E-state index contributed by atoms with van der Waals surface area (Å²) in [6.45, 7) is 4.20. The molecular formula is C10H14BrFN2O2S. The maximum Gasteiger partial charge on any atom is 0.301 e. The fourth-order valence-corrected chi connectivity index (χ4v) is 3.08. The molecule has 0 aliphatic carbocycles. The highest BCUT2D eigenvalue weighted by molar-refractivity contribution is 9.10. The van der Waals surface area contributed by atoms with Crippen molar-refractivity contribution in [2.75, 3.05) is 17.8 Å². The lowest BCUT2D eigenvalue weighted by molar-refractivity contribution is 0.449. The Morgan fingerprint density at radius 1 is 1.35 bits per heavy atom. The molecular weight excluding hydrogens is 311 g/mol. The first kappa shape index (κ1) is 14.4. The van der Waals surface area contributed by atoms with E-state index in [4.69, 9.17) is 0 Å². The van der Waals surface area contributed by atoms with Gasteiger partial charge in [0.1, 0.15) is 5.82 Å². The van der Waals surface area contributed by atoms with E-state index >= 15 is 0 Å². The molecule has 0 fully saturated rings. The van der Waals surface area contributed by atoms with Gasteiger partial charge in [-0.05, 0) is 34.1 Å². The van der Waals surface area contributed by atoms with E-state index in [1.165, 1.54) is 16.4 Å². The van der Waals surface area contributed by atoms with E-state index in [0.29, 0.717) is 17.6 Å². The summed E-state index contributed by atoms with van der Waals surface area (Å²) in [4.78, 5) is 0. The standard InChI is InChI=1S/C10H14BrFN2O2S/c1-3-14(4-2)17(15,16)13-10-7-8(12)5-6-9(10)11/h5-7,13H,3-4H2,1-2H3. The monoisotopic (exact) mass is 324 g/mol. The predicted molar refractivity (Wildman–Crippen MR) is 69.6 cm³/mol. The summed E-state index contributed by atoms with van der Waals surface area (Å²) < 4.78 is 40.9. The van der Waals surface area contributed by atoms with Gasteiger partial charge in [0.05, 0.1) is 5.69 Å². The third-order valence-corrected chi connectivity index (χ3v) is 4.58. The molecule has 17 heavy (non-hydrogen) atoms. The van der Waals surface area contributed by atoms with Gasteiger partial charge in [0.15, 0.2) is 0 Å². The van der Waals surface area contributed by atoms with Crippen molar-refractivity contribution in [1.82, 2.24) is 4.31 Å². The van der Waals surface area contributed by atoms with Crippen molar-refractivity contribution in [3.8, 4) is 0 Å². The number of halogens is 2. The Morgan fingerprint density at radius 2 is 1.94 bits per heavy atom. The normalized spacial score (nSPS) is 11.8. The average Bonchev–Trinajstić information content (AvgIpc) is 2.24. The van der Waals surface area contributed by atoms with Gasteiger partial charge in [-0.3, -0.25) is 4.72 Å². The van der Waals surface area contributed by atoms with E-state index in [1.807, 2.05) is 0 Å². The number of benzene rings is 1. The Balaban J connectivity index is 3.01. The van der Waals surface area contributed by atoms with Gasteiger partial charge in [-0.25, -0.2) is 4.39 Å². The summed E-state index contributed by atoms with van der Waals surface area (Å²) in [7, 11) is -3.63. The van der Waals surface area contributed by atoms with Crippen LogP contribution in [-0.2, 0) is 10.2 Å². The van der Waals surface area contributed by atoms with Gasteiger partial charge < -0.3 is 0 Å². The molecule has 0 atom stereocenters. The van der Waals surface area contributed by atoms with E-state index in [2.05, 4.69) is 20.7 Å². The number of anilines is 1. The Bertz CT molecular complexity index is 489. The van der Waals surface area contributed by atoms with Crippen molar-refractivity contribution in [1.29, 1.82) is 0 Å². The molecule has 7 heteroatoms. The summed E-state index contributed by atoms with van der Waals surface area (Å²) in [5.74, 6) is -0.495.